The first kappa shape index (κ1) is 24.9. The number of amides is 2. The summed E-state index contributed by atoms with van der Waals surface area (Å²) >= 11 is 0. The Kier molecular flexibility index (Phi) is 8.49. The quantitative estimate of drug-likeness (QED) is 0.211. The molecule has 0 aliphatic carbocycles. The Hall–Kier alpha value is -4.73. The fraction of sp³-hybridized carbons (Fsp3) is 0.120. The zero-order valence-electron chi connectivity index (χ0n) is 18.9. The zero-order valence-corrected chi connectivity index (χ0v) is 18.9. The van der Waals surface area contributed by atoms with Crippen molar-refractivity contribution in [2.75, 3.05) is 20.8 Å². The first-order valence-corrected chi connectivity index (χ1v) is 10.3. The highest BCUT2D eigenvalue weighted by molar-refractivity contribution is 5.96. The van der Waals surface area contributed by atoms with Gasteiger partial charge in [0.1, 0.15) is 11.6 Å². The van der Waals surface area contributed by atoms with Gasteiger partial charge in [-0.3, -0.25) is 9.59 Å². The summed E-state index contributed by atoms with van der Waals surface area (Å²) in [5, 5.41) is 6.23. The Morgan fingerprint density at radius 3 is 2.20 bits per heavy atom. The number of nitrogens with zero attached hydrogens (tertiary/aromatic N) is 1. The number of carbonyl (C=O) groups is 3. The molecule has 0 spiro atoms. The molecule has 3 aromatic carbocycles. The lowest BCUT2D eigenvalue weighted by atomic mass is 10.2. The summed E-state index contributed by atoms with van der Waals surface area (Å²) in [5.41, 5.74) is 3.44. The maximum atomic E-state index is 12.9. The van der Waals surface area contributed by atoms with Gasteiger partial charge >= 0.3 is 5.97 Å². The lowest BCUT2D eigenvalue weighted by molar-refractivity contribution is -0.120. The van der Waals surface area contributed by atoms with Crippen LogP contribution in [0.25, 0.3) is 0 Å². The number of hydrazone groups is 1. The van der Waals surface area contributed by atoms with E-state index < -0.39 is 23.6 Å². The molecule has 35 heavy (non-hydrogen) atoms. The predicted octanol–water partition coefficient (Wildman–Crippen LogP) is 2.94. The summed E-state index contributed by atoms with van der Waals surface area (Å²) in [7, 11) is 2.97. The summed E-state index contributed by atoms with van der Waals surface area (Å²) in [5.74, 6) is -0.866. The van der Waals surface area contributed by atoms with Crippen molar-refractivity contribution in [3.63, 3.8) is 0 Å². The van der Waals surface area contributed by atoms with Crippen LogP contribution in [-0.4, -0.2) is 44.8 Å². The number of methoxy groups -OCH3 is 2. The van der Waals surface area contributed by atoms with Crippen LogP contribution in [0.2, 0.25) is 0 Å². The summed E-state index contributed by atoms with van der Waals surface area (Å²) < 4.78 is 28.6. The number of esters is 1. The summed E-state index contributed by atoms with van der Waals surface area (Å²) in [4.78, 5) is 36.2. The lowest BCUT2D eigenvalue weighted by Gasteiger charge is -2.09. The zero-order chi connectivity index (χ0) is 25.2. The standard InChI is InChI=1S/C25H22FN3O6/c1-33-21-12-7-18(13-22(21)34-2)25(32)35-20-10-3-16(4-11-20)14-28-29-23(30)15-27-24(31)17-5-8-19(26)9-6-17/h3-14H,15H2,1-2H3,(H,27,31)(H,29,30)/b28-14+. The molecular weight excluding hydrogens is 457 g/mol. The van der Waals surface area contributed by atoms with Gasteiger partial charge in [0.2, 0.25) is 0 Å². The van der Waals surface area contributed by atoms with Crippen molar-refractivity contribution in [3.8, 4) is 17.2 Å². The molecule has 0 aliphatic rings. The molecule has 0 bridgehead atoms. The van der Waals surface area contributed by atoms with E-state index in [1.54, 1.807) is 36.4 Å². The van der Waals surface area contributed by atoms with Crippen LogP contribution in [0.4, 0.5) is 4.39 Å². The molecule has 0 unspecified atom stereocenters. The molecule has 9 nitrogen and oxygen atoms in total. The van der Waals surface area contributed by atoms with Crippen molar-refractivity contribution in [1.29, 1.82) is 0 Å². The molecule has 0 heterocycles. The van der Waals surface area contributed by atoms with E-state index in [2.05, 4.69) is 15.8 Å². The van der Waals surface area contributed by atoms with Gasteiger partial charge in [-0.15, -0.1) is 0 Å². The van der Waals surface area contributed by atoms with Gasteiger partial charge in [-0.1, -0.05) is 0 Å². The van der Waals surface area contributed by atoms with Gasteiger partial charge < -0.3 is 19.5 Å². The molecule has 0 atom stereocenters. The molecule has 2 amide bonds. The smallest absolute Gasteiger partial charge is 0.343 e. The number of carbonyl (C=O) groups excluding carboxylic acids is 3. The van der Waals surface area contributed by atoms with E-state index in [-0.39, 0.29) is 12.1 Å². The largest absolute Gasteiger partial charge is 0.493 e. The van der Waals surface area contributed by atoms with Crippen molar-refractivity contribution >= 4 is 24.0 Å². The van der Waals surface area contributed by atoms with E-state index in [1.807, 2.05) is 0 Å². The van der Waals surface area contributed by atoms with Gasteiger partial charge in [-0.25, -0.2) is 14.6 Å². The van der Waals surface area contributed by atoms with Gasteiger partial charge in [-0.2, -0.15) is 5.10 Å². The average Bonchev–Trinajstić information content (AvgIpc) is 2.88. The summed E-state index contributed by atoms with van der Waals surface area (Å²) in [6, 6.07) is 16.1. The molecule has 0 saturated heterocycles. The molecule has 180 valence electrons. The van der Waals surface area contributed by atoms with Crippen LogP contribution in [0.1, 0.15) is 26.3 Å². The van der Waals surface area contributed by atoms with Crippen LogP contribution in [-0.2, 0) is 4.79 Å². The molecule has 10 heteroatoms. The minimum Gasteiger partial charge on any atom is -0.493 e. The minimum absolute atomic E-state index is 0.231. The van der Waals surface area contributed by atoms with Crippen LogP contribution < -0.4 is 25.0 Å². The van der Waals surface area contributed by atoms with E-state index in [0.29, 0.717) is 28.4 Å². The first-order chi connectivity index (χ1) is 16.9. The summed E-state index contributed by atoms with van der Waals surface area (Å²) in [6.07, 6.45) is 1.39. The van der Waals surface area contributed by atoms with Crippen molar-refractivity contribution in [2.24, 2.45) is 5.10 Å². The average molecular weight is 479 g/mol. The van der Waals surface area contributed by atoms with Gasteiger partial charge in [0.15, 0.2) is 11.5 Å². The van der Waals surface area contributed by atoms with Gasteiger partial charge in [0.25, 0.3) is 11.8 Å². The molecule has 3 rings (SSSR count). The van der Waals surface area contributed by atoms with Crippen molar-refractivity contribution in [1.82, 2.24) is 10.7 Å². The molecule has 0 fully saturated rings. The number of hydrogen-bond acceptors (Lipinski definition) is 7. The monoisotopic (exact) mass is 479 g/mol. The highest BCUT2D eigenvalue weighted by Crippen LogP contribution is 2.28. The van der Waals surface area contributed by atoms with Crippen LogP contribution in [0, 0.1) is 5.82 Å². The van der Waals surface area contributed by atoms with E-state index in [9.17, 15) is 18.8 Å². The Morgan fingerprint density at radius 1 is 0.886 bits per heavy atom. The SMILES string of the molecule is COc1ccc(C(=O)Oc2ccc(/C=N/NC(=O)CNC(=O)c3ccc(F)cc3)cc2)cc1OC. The number of halogens is 1. The highest BCUT2D eigenvalue weighted by Gasteiger charge is 2.13. The fourth-order valence-electron chi connectivity index (χ4n) is 2.83. The highest BCUT2D eigenvalue weighted by atomic mass is 19.1. The number of hydrogen-bond donors (Lipinski definition) is 2. The molecule has 2 N–H and O–H groups in total. The third-order valence-corrected chi connectivity index (χ3v) is 4.63. The Balaban J connectivity index is 1.47. The molecule has 0 saturated carbocycles. The first-order valence-electron chi connectivity index (χ1n) is 10.3. The molecule has 0 radical (unpaired) electrons. The van der Waals surface area contributed by atoms with Crippen LogP contribution >= 0.6 is 0 Å². The lowest BCUT2D eigenvalue weighted by Crippen LogP contribution is -2.34. The maximum absolute atomic E-state index is 12.9. The van der Waals surface area contributed by atoms with Crippen LogP contribution in [0.5, 0.6) is 17.2 Å². The second-order valence-corrected chi connectivity index (χ2v) is 7.01. The van der Waals surface area contributed by atoms with Gasteiger partial charge in [0.05, 0.1) is 32.5 Å². The normalized spacial score (nSPS) is 10.5. The number of nitrogens with one attached hydrogen (secondary N) is 2. The van der Waals surface area contributed by atoms with E-state index in [4.69, 9.17) is 14.2 Å². The van der Waals surface area contributed by atoms with Crippen LogP contribution in [0.3, 0.4) is 0 Å². The maximum Gasteiger partial charge on any atom is 0.343 e. The molecule has 0 aliphatic heterocycles. The fourth-order valence-corrected chi connectivity index (χ4v) is 2.83. The molecule has 0 aromatic heterocycles. The molecular formula is C25H22FN3O6. The van der Waals surface area contributed by atoms with Gasteiger partial charge in [-0.05, 0) is 72.3 Å². The number of rotatable bonds is 9. The molecule has 3 aromatic rings. The Morgan fingerprint density at radius 2 is 1.54 bits per heavy atom. The Bertz CT molecular complexity index is 1230. The van der Waals surface area contributed by atoms with Crippen molar-refractivity contribution in [2.45, 2.75) is 0 Å². The second-order valence-electron chi connectivity index (χ2n) is 7.01. The van der Waals surface area contributed by atoms with Gasteiger partial charge in [0, 0.05) is 5.56 Å². The third kappa shape index (κ3) is 7.13. The van der Waals surface area contributed by atoms with E-state index in [1.165, 1.54) is 38.6 Å². The van der Waals surface area contributed by atoms with Crippen LogP contribution in [0.15, 0.2) is 71.8 Å². The van der Waals surface area contributed by atoms with Crippen molar-refractivity contribution < 1.29 is 33.0 Å². The van der Waals surface area contributed by atoms with Crippen molar-refractivity contribution in [3.05, 3.63) is 89.2 Å². The topological polar surface area (TPSA) is 115 Å². The van der Waals surface area contributed by atoms with E-state index in [0.717, 1.165) is 12.1 Å². The predicted molar refractivity (Wildman–Crippen MR) is 125 cm³/mol. The minimum atomic E-state index is -0.567. The Labute approximate surface area is 200 Å². The third-order valence-electron chi connectivity index (χ3n) is 4.63. The number of ether oxygens (including phenoxy) is 3. The number of benzene rings is 3. The van der Waals surface area contributed by atoms with E-state index >= 15 is 0 Å². The summed E-state index contributed by atoms with van der Waals surface area (Å²) in [6.45, 7) is -0.307. The second kappa shape index (κ2) is 11.9.